The zero-order valence-electron chi connectivity index (χ0n) is 8.77. The van der Waals surface area contributed by atoms with E-state index in [1.54, 1.807) is 7.11 Å². The Morgan fingerprint density at radius 3 is 2.46 bits per heavy atom. The Labute approximate surface area is 79.9 Å². The van der Waals surface area contributed by atoms with Crippen LogP contribution in [0.15, 0.2) is 12.1 Å². The van der Waals surface area contributed by atoms with Gasteiger partial charge in [0.05, 0.1) is 7.11 Å². The van der Waals surface area contributed by atoms with E-state index in [9.17, 15) is 0 Å². The summed E-state index contributed by atoms with van der Waals surface area (Å²) in [6.07, 6.45) is 0. The Kier molecular flexibility index (Phi) is 3.18. The SMILES string of the molecule is CCNc1cc(C)c(OC)cc1C. The molecule has 0 aliphatic carbocycles. The van der Waals surface area contributed by atoms with Crippen LogP contribution in [0.2, 0.25) is 0 Å². The maximum absolute atomic E-state index is 5.23. The molecule has 0 amide bonds. The average molecular weight is 179 g/mol. The van der Waals surface area contributed by atoms with Crippen LogP contribution in [0.4, 0.5) is 5.69 Å². The summed E-state index contributed by atoms with van der Waals surface area (Å²) in [5.74, 6) is 0.958. The van der Waals surface area contributed by atoms with E-state index in [-0.39, 0.29) is 0 Å². The topological polar surface area (TPSA) is 21.3 Å². The fraction of sp³-hybridized carbons (Fsp3) is 0.455. The molecule has 0 spiro atoms. The molecule has 0 atom stereocenters. The van der Waals surface area contributed by atoms with E-state index in [4.69, 9.17) is 4.74 Å². The summed E-state index contributed by atoms with van der Waals surface area (Å²) in [6, 6.07) is 4.19. The Bertz CT molecular complexity index is 294. The molecular formula is C11H17NO. The molecule has 0 radical (unpaired) electrons. The van der Waals surface area contributed by atoms with Crippen LogP contribution in [0, 0.1) is 13.8 Å². The van der Waals surface area contributed by atoms with Gasteiger partial charge in [0.2, 0.25) is 0 Å². The Morgan fingerprint density at radius 2 is 1.92 bits per heavy atom. The zero-order chi connectivity index (χ0) is 9.84. The summed E-state index contributed by atoms with van der Waals surface area (Å²) in [5.41, 5.74) is 3.59. The number of hydrogen-bond acceptors (Lipinski definition) is 2. The maximum atomic E-state index is 5.23. The average Bonchev–Trinajstić information content (AvgIpc) is 2.11. The van der Waals surface area contributed by atoms with Crippen LogP contribution >= 0.6 is 0 Å². The predicted molar refractivity (Wildman–Crippen MR) is 56.6 cm³/mol. The molecule has 0 saturated heterocycles. The molecule has 1 rings (SSSR count). The molecule has 1 aromatic carbocycles. The first-order valence-corrected chi connectivity index (χ1v) is 4.58. The van der Waals surface area contributed by atoms with Crippen LogP contribution < -0.4 is 10.1 Å². The van der Waals surface area contributed by atoms with E-state index in [1.165, 1.54) is 16.8 Å². The van der Waals surface area contributed by atoms with Gasteiger partial charge in [-0.1, -0.05) is 0 Å². The zero-order valence-corrected chi connectivity index (χ0v) is 8.77. The van der Waals surface area contributed by atoms with Crippen molar-refractivity contribution in [3.8, 4) is 5.75 Å². The molecule has 0 bridgehead atoms. The van der Waals surface area contributed by atoms with Crippen LogP contribution in [0.25, 0.3) is 0 Å². The third-order valence-corrected chi connectivity index (χ3v) is 2.11. The van der Waals surface area contributed by atoms with Crippen molar-refractivity contribution in [2.75, 3.05) is 19.0 Å². The molecule has 0 aliphatic heterocycles. The minimum atomic E-state index is 0.951. The Balaban J connectivity index is 3.05. The van der Waals surface area contributed by atoms with Crippen LogP contribution in [0.5, 0.6) is 5.75 Å². The van der Waals surface area contributed by atoms with Gasteiger partial charge in [-0.3, -0.25) is 0 Å². The molecule has 1 N–H and O–H groups in total. The maximum Gasteiger partial charge on any atom is 0.122 e. The highest BCUT2D eigenvalue weighted by molar-refractivity contribution is 5.56. The van der Waals surface area contributed by atoms with Crippen molar-refractivity contribution in [1.29, 1.82) is 0 Å². The number of methoxy groups -OCH3 is 1. The number of ether oxygens (including phenoxy) is 1. The number of nitrogens with one attached hydrogen (secondary N) is 1. The number of anilines is 1. The first-order chi connectivity index (χ1) is 6.19. The molecule has 0 saturated carbocycles. The van der Waals surface area contributed by atoms with Crippen molar-refractivity contribution in [1.82, 2.24) is 0 Å². The fourth-order valence-electron chi connectivity index (χ4n) is 1.39. The van der Waals surface area contributed by atoms with Gasteiger partial charge in [0.1, 0.15) is 5.75 Å². The fourth-order valence-corrected chi connectivity index (χ4v) is 1.39. The quantitative estimate of drug-likeness (QED) is 0.770. The molecule has 0 unspecified atom stereocenters. The first kappa shape index (κ1) is 9.90. The van der Waals surface area contributed by atoms with Gasteiger partial charge in [-0.25, -0.2) is 0 Å². The van der Waals surface area contributed by atoms with E-state index in [1.807, 2.05) is 0 Å². The number of rotatable bonds is 3. The minimum absolute atomic E-state index is 0.951. The molecule has 2 heteroatoms. The van der Waals surface area contributed by atoms with Crippen molar-refractivity contribution in [2.45, 2.75) is 20.8 Å². The van der Waals surface area contributed by atoms with Crippen LogP contribution in [-0.4, -0.2) is 13.7 Å². The molecule has 72 valence electrons. The second-order valence-corrected chi connectivity index (χ2v) is 3.17. The molecule has 0 aromatic heterocycles. The summed E-state index contributed by atoms with van der Waals surface area (Å²) < 4.78 is 5.23. The van der Waals surface area contributed by atoms with Crippen molar-refractivity contribution in [3.63, 3.8) is 0 Å². The molecular weight excluding hydrogens is 162 g/mol. The molecule has 0 fully saturated rings. The van der Waals surface area contributed by atoms with E-state index >= 15 is 0 Å². The highest BCUT2D eigenvalue weighted by Crippen LogP contribution is 2.25. The van der Waals surface area contributed by atoms with Crippen LogP contribution in [0.1, 0.15) is 18.1 Å². The third-order valence-electron chi connectivity index (χ3n) is 2.11. The van der Waals surface area contributed by atoms with Gasteiger partial charge in [-0.2, -0.15) is 0 Å². The lowest BCUT2D eigenvalue weighted by Crippen LogP contribution is -2.00. The molecule has 13 heavy (non-hydrogen) atoms. The molecule has 2 nitrogen and oxygen atoms in total. The lowest BCUT2D eigenvalue weighted by Gasteiger charge is -2.11. The summed E-state index contributed by atoms with van der Waals surface area (Å²) in [5, 5.41) is 3.31. The number of benzene rings is 1. The third kappa shape index (κ3) is 2.14. The molecule has 0 aliphatic rings. The molecule has 1 aromatic rings. The number of aryl methyl sites for hydroxylation is 2. The van der Waals surface area contributed by atoms with Gasteiger partial charge in [0.25, 0.3) is 0 Å². The smallest absolute Gasteiger partial charge is 0.122 e. The van der Waals surface area contributed by atoms with Gasteiger partial charge in [0, 0.05) is 12.2 Å². The minimum Gasteiger partial charge on any atom is -0.496 e. The van der Waals surface area contributed by atoms with Gasteiger partial charge < -0.3 is 10.1 Å². The van der Waals surface area contributed by atoms with Crippen molar-refractivity contribution >= 4 is 5.69 Å². The number of hydrogen-bond donors (Lipinski definition) is 1. The Hall–Kier alpha value is -1.18. The van der Waals surface area contributed by atoms with Gasteiger partial charge in [-0.15, -0.1) is 0 Å². The summed E-state index contributed by atoms with van der Waals surface area (Å²) in [7, 11) is 1.70. The largest absolute Gasteiger partial charge is 0.496 e. The second-order valence-electron chi connectivity index (χ2n) is 3.17. The van der Waals surface area contributed by atoms with Crippen molar-refractivity contribution in [3.05, 3.63) is 23.3 Å². The van der Waals surface area contributed by atoms with Gasteiger partial charge in [-0.05, 0) is 44.0 Å². The first-order valence-electron chi connectivity index (χ1n) is 4.58. The summed E-state index contributed by atoms with van der Waals surface area (Å²) in [4.78, 5) is 0. The van der Waals surface area contributed by atoms with E-state index in [0.29, 0.717) is 0 Å². The molecule has 0 heterocycles. The van der Waals surface area contributed by atoms with Gasteiger partial charge in [0.15, 0.2) is 0 Å². The van der Waals surface area contributed by atoms with E-state index < -0.39 is 0 Å². The lowest BCUT2D eigenvalue weighted by molar-refractivity contribution is 0.411. The van der Waals surface area contributed by atoms with Crippen molar-refractivity contribution < 1.29 is 4.74 Å². The van der Waals surface area contributed by atoms with Crippen LogP contribution in [0.3, 0.4) is 0 Å². The standard InChI is InChI=1S/C11H17NO/c1-5-12-10-6-9(3)11(13-4)7-8(10)2/h6-7,12H,5H2,1-4H3. The summed E-state index contributed by atoms with van der Waals surface area (Å²) >= 11 is 0. The van der Waals surface area contributed by atoms with Crippen LogP contribution in [-0.2, 0) is 0 Å². The van der Waals surface area contributed by atoms with Gasteiger partial charge >= 0.3 is 0 Å². The van der Waals surface area contributed by atoms with E-state index in [2.05, 4.69) is 38.2 Å². The Morgan fingerprint density at radius 1 is 1.23 bits per heavy atom. The highest BCUT2D eigenvalue weighted by Gasteiger charge is 2.02. The monoisotopic (exact) mass is 179 g/mol. The summed E-state index contributed by atoms with van der Waals surface area (Å²) in [6.45, 7) is 7.19. The normalized spacial score (nSPS) is 9.85. The highest BCUT2D eigenvalue weighted by atomic mass is 16.5. The predicted octanol–water partition coefficient (Wildman–Crippen LogP) is 2.74. The van der Waals surface area contributed by atoms with E-state index in [0.717, 1.165) is 12.3 Å². The second kappa shape index (κ2) is 4.17. The van der Waals surface area contributed by atoms with Crippen molar-refractivity contribution in [2.24, 2.45) is 0 Å². The lowest BCUT2D eigenvalue weighted by atomic mass is 10.1.